The van der Waals surface area contributed by atoms with E-state index in [1.165, 1.54) is 0 Å². The Kier molecular flexibility index (Phi) is 4.31. The first kappa shape index (κ1) is 14.2. The maximum Gasteiger partial charge on any atom is 0.141 e. The summed E-state index contributed by atoms with van der Waals surface area (Å²) in [5.74, 6) is 2.00. The van der Waals surface area contributed by atoms with Gasteiger partial charge in [-0.1, -0.05) is 6.92 Å². The number of imidazole rings is 1. The van der Waals surface area contributed by atoms with Crippen LogP contribution in [-0.2, 0) is 17.8 Å². The summed E-state index contributed by atoms with van der Waals surface area (Å²) in [5, 5.41) is 4.30. The molecule has 114 valence electrons. The Morgan fingerprint density at radius 1 is 1.43 bits per heavy atom. The van der Waals surface area contributed by atoms with Gasteiger partial charge >= 0.3 is 0 Å². The second kappa shape index (κ2) is 6.36. The van der Waals surface area contributed by atoms with E-state index in [0.29, 0.717) is 0 Å². The molecular weight excluding hydrogens is 268 g/mol. The number of aromatic amines is 1. The van der Waals surface area contributed by atoms with Gasteiger partial charge in [-0.25, -0.2) is 14.6 Å². The number of likely N-dealkylation sites (tertiary alicyclic amines) is 1. The van der Waals surface area contributed by atoms with Crippen LogP contribution in [-0.4, -0.2) is 49.4 Å². The monoisotopic (exact) mass is 290 g/mol. The highest BCUT2D eigenvalue weighted by Gasteiger charge is 2.35. The number of hydrogen-bond acceptors (Lipinski definition) is 5. The minimum Gasteiger partial charge on any atom is -0.380 e. The van der Waals surface area contributed by atoms with Crippen LogP contribution in [0.5, 0.6) is 0 Å². The molecule has 0 aliphatic carbocycles. The maximum absolute atomic E-state index is 5.54. The van der Waals surface area contributed by atoms with Crippen LogP contribution in [0.2, 0.25) is 0 Å². The fraction of sp³-hybridized carbons (Fsp3) is 0.643. The minimum absolute atomic E-state index is 0.239. The second-order valence-corrected chi connectivity index (χ2v) is 5.41. The van der Waals surface area contributed by atoms with Gasteiger partial charge in [0, 0.05) is 32.6 Å². The highest BCUT2D eigenvalue weighted by Crippen LogP contribution is 2.32. The molecule has 1 saturated heterocycles. The molecule has 2 atom stereocenters. The quantitative estimate of drug-likeness (QED) is 0.870. The van der Waals surface area contributed by atoms with Gasteiger partial charge in [-0.3, -0.25) is 4.90 Å². The third-order valence-corrected chi connectivity index (χ3v) is 4.01. The first-order chi connectivity index (χ1) is 10.3. The van der Waals surface area contributed by atoms with Crippen LogP contribution >= 0.6 is 0 Å². The van der Waals surface area contributed by atoms with Gasteiger partial charge in [-0.2, -0.15) is 5.10 Å². The van der Waals surface area contributed by atoms with Crippen molar-refractivity contribution in [2.75, 3.05) is 13.7 Å². The van der Waals surface area contributed by atoms with Gasteiger partial charge in [0.05, 0.1) is 18.7 Å². The zero-order chi connectivity index (χ0) is 14.7. The number of H-pyrrole nitrogens is 1. The van der Waals surface area contributed by atoms with Gasteiger partial charge in [-0.15, -0.1) is 0 Å². The molecule has 0 aromatic carbocycles. The van der Waals surface area contributed by atoms with Gasteiger partial charge in [-0.05, 0) is 12.8 Å². The van der Waals surface area contributed by atoms with Crippen molar-refractivity contribution in [3.05, 3.63) is 30.4 Å². The van der Waals surface area contributed by atoms with E-state index in [2.05, 4.69) is 31.9 Å². The number of nitrogens with zero attached hydrogens (tertiary/aromatic N) is 5. The number of nitrogens with one attached hydrogen (secondary N) is 1. The van der Waals surface area contributed by atoms with Crippen molar-refractivity contribution in [1.29, 1.82) is 0 Å². The molecule has 7 nitrogen and oxygen atoms in total. The molecule has 2 aromatic rings. The van der Waals surface area contributed by atoms with Crippen molar-refractivity contribution in [3.63, 3.8) is 0 Å². The van der Waals surface area contributed by atoms with Crippen LogP contribution in [0.15, 0.2) is 18.7 Å². The maximum atomic E-state index is 5.54. The summed E-state index contributed by atoms with van der Waals surface area (Å²) in [7, 11) is 1.77. The van der Waals surface area contributed by atoms with Crippen molar-refractivity contribution < 1.29 is 4.74 Å². The van der Waals surface area contributed by atoms with Crippen LogP contribution in [0.4, 0.5) is 0 Å². The highest BCUT2D eigenvalue weighted by atomic mass is 16.5. The summed E-state index contributed by atoms with van der Waals surface area (Å²) >= 11 is 0. The molecular formula is C14H22N6O. The molecule has 1 unspecified atom stereocenters. The molecule has 1 aliphatic rings. The molecule has 1 aliphatic heterocycles. The zero-order valence-electron chi connectivity index (χ0n) is 12.6. The summed E-state index contributed by atoms with van der Waals surface area (Å²) in [6, 6.07) is 0.247. The smallest absolute Gasteiger partial charge is 0.141 e. The van der Waals surface area contributed by atoms with Crippen molar-refractivity contribution >= 4 is 0 Å². The van der Waals surface area contributed by atoms with Crippen molar-refractivity contribution in [1.82, 2.24) is 29.6 Å². The molecule has 1 fully saturated rings. The summed E-state index contributed by atoms with van der Waals surface area (Å²) in [5.41, 5.74) is 0. The standard InChI is InChI=1S/C14H22N6O/c1-3-6-20-13(17-10-18-20)9-19-8-11(21-2)7-12(19)14-15-4-5-16-14/h4-5,10-12H,3,6-9H2,1-2H3,(H,15,16)/t11-,12?/m1/s1. The Morgan fingerprint density at radius 2 is 2.33 bits per heavy atom. The van der Waals surface area contributed by atoms with E-state index >= 15 is 0 Å². The molecule has 21 heavy (non-hydrogen) atoms. The lowest BCUT2D eigenvalue weighted by Gasteiger charge is -2.22. The van der Waals surface area contributed by atoms with Gasteiger partial charge in [0.2, 0.25) is 0 Å². The fourth-order valence-electron chi connectivity index (χ4n) is 2.94. The Bertz CT molecular complexity index is 552. The van der Waals surface area contributed by atoms with E-state index in [9.17, 15) is 0 Å². The Labute approximate surface area is 124 Å². The third kappa shape index (κ3) is 2.98. The van der Waals surface area contributed by atoms with E-state index < -0.39 is 0 Å². The molecule has 2 aromatic heterocycles. The van der Waals surface area contributed by atoms with Gasteiger partial charge in [0.1, 0.15) is 18.0 Å². The fourth-order valence-corrected chi connectivity index (χ4v) is 2.94. The number of aromatic nitrogens is 5. The van der Waals surface area contributed by atoms with Crippen molar-refractivity contribution in [3.8, 4) is 0 Å². The largest absolute Gasteiger partial charge is 0.380 e. The first-order valence-electron chi connectivity index (χ1n) is 7.44. The molecule has 0 saturated carbocycles. The predicted octanol–water partition coefficient (Wildman–Crippen LogP) is 1.37. The summed E-state index contributed by atoms with van der Waals surface area (Å²) in [4.78, 5) is 14.4. The number of methoxy groups -OCH3 is 1. The lowest BCUT2D eigenvalue weighted by molar-refractivity contribution is 0.106. The second-order valence-electron chi connectivity index (χ2n) is 5.41. The molecule has 0 amide bonds. The average Bonchev–Trinajstić information content (AvgIpc) is 3.20. The lowest BCUT2D eigenvalue weighted by atomic mass is 10.2. The van der Waals surface area contributed by atoms with Gasteiger partial charge < -0.3 is 9.72 Å². The zero-order valence-corrected chi connectivity index (χ0v) is 12.6. The van der Waals surface area contributed by atoms with Gasteiger partial charge in [0.25, 0.3) is 0 Å². The summed E-state index contributed by atoms with van der Waals surface area (Å²) < 4.78 is 7.53. The topological polar surface area (TPSA) is 71.9 Å². The molecule has 1 N–H and O–H groups in total. The average molecular weight is 290 g/mol. The highest BCUT2D eigenvalue weighted by molar-refractivity contribution is 5.03. The molecule has 0 bridgehead atoms. The van der Waals surface area contributed by atoms with E-state index in [1.54, 1.807) is 19.6 Å². The molecule has 3 rings (SSSR count). The Balaban J connectivity index is 1.77. The van der Waals surface area contributed by atoms with E-state index in [1.807, 2.05) is 10.9 Å². The van der Waals surface area contributed by atoms with Crippen LogP contribution in [0, 0.1) is 0 Å². The summed E-state index contributed by atoms with van der Waals surface area (Å²) in [6.07, 6.45) is 7.55. The van der Waals surface area contributed by atoms with E-state index in [4.69, 9.17) is 4.74 Å². The number of rotatable bonds is 6. The van der Waals surface area contributed by atoms with Crippen LogP contribution in [0.25, 0.3) is 0 Å². The minimum atomic E-state index is 0.239. The van der Waals surface area contributed by atoms with E-state index in [0.717, 1.165) is 44.1 Å². The first-order valence-corrected chi connectivity index (χ1v) is 7.44. The predicted molar refractivity (Wildman–Crippen MR) is 77.5 cm³/mol. The SMILES string of the molecule is CCCn1ncnc1CN1C[C@H](OC)CC1c1ncc[nH]1. The normalized spacial score (nSPS) is 23.0. The van der Waals surface area contributed by atoms with Crippen molar-refractivity contribution in [2.24, 2.45) is 0 Å². The van der Waals surface area contributed by atoms with Crippen LogP contribution in [0.3, 0.4) is 0 Å². The van der Waals surface area contributed by atoms with Crippen LogP contribution < -0.4 is 0 Å². The molecule has 0 spiro atoms. The van der Waals surface area contributed by atoms with E-state index in [-0.39, 0.29) is 12.1 Å². The molecule has 0 radical (unpaired) electrons. The van der Waals surface area contributed by atoms with Gasteiger partial charge in [0.15, 0.2) is 0 Å². The molecule has 3 heterocycles. The third-order valence-electron chi connectivity index (χ3n) is 4.01. The molecule has 7 heteroatoms. The number of hydrogen-bond donors (Lipinski definition) is 1. The Hall–Kier alpha value is -1.73. The lowest BCUT2D eigenvalue weighted by Crippen LogP contribution is -2.27. The number of ether oxygens (including phenoxy) is 1. The number of aryl methyl sites for hydroxylation is 1. The van der Waals surface area contributed by atoms with Crippen molar-refractivity contribution in [2.45, 2.75) is 45.0 Å². The summed E-state index contributed by atoms with van der Waals surface area (Å²) in [6.45, 7) is 4.71. The Morgan fingerprint density at radius 3 is 3.05 bits per heavy atom. The van der Waals surface area contributed by atoms with Crippen LogP contribution in [0.1, 0.15) is 37.5 Å².